The van der Waals surface area contributed by atoms with E-state index in [1.54, 1.807) is 0 Å². The van der Waals surface area contributed by atoms with Crippen molar-refractivity contribution < 1.29 is 49.0 Å². The number of carbonyl (C=O) groups excluding carboxylic acids is 2. The van der Waals surface area contributed by atoms with Crippen LogP contribution in [0.2, 0.25) is 0 Å². The molecule has 2 aliphatic heterocycles. The Morgan fingerprint density at radius 1 is 1.26 bits per heavy atom. The molecule has 8 atom stereocenters. The lowest BCUT2D eigenvalue weighted by Crippen LogP contribution is -2.60. The molecular weight excluding hydrogens is 364 g/mol. The molecule has 0 saturated carbocycles. The van der Waals surface area contributed by atoms with Crippen LogP contribution in [0, 0.1) is 11.8 Å². The number of ether oxygens (including phenoxy) is 4. The molecule has 10 heteroatoms. The summed E-state index contributed by atoms with van der Waals surface area (Å²) in [6.07, 6.45) is -5.31. The van der Waals surface area contributed by atoms with E-state index in [1.165, 1.54) is 13.2 Å². The van der Waals surface area contributed by atoms with Gasteiger partial charge in [-0.05, 0) is 0 Å². The first kappa shape index (κ1) is 21.5. The number of rotatable bonds is 7. The average Bonchev–Trinajstić information content (AvgIpc) is 2.68. The number of methoxy groups -OCH3 is 1. The van der Waals surface area contributed by atoms with Gasteiger partial charge in [-0.15, -0.1) is 6.58 Å². The zero-order valence-electron chi connectivity index (χ0n) is 14.7. The molecule has 1 fully saturated rings. The van der Waals surface area contributed by atoms with Crippen LogP contribution in [0.5, 0.6) is 0 Å². The van der Waals surface area contributed by atoms with Gasteiger partial charge in [0.05, 0.1) is 25.6 Å². The lowest BCUT2D eigenvalue weighted by atomic mass is 9.82. The summed E-state index contributed by atoms with van der Waals surface area (Å²) in [5.41, 5.74) is 0.128. The molecule has 2 heterocycles. The smallest absolute Gasteiger partial charge is 0.337 e. The Hall–Kier alpha value is -1.82. The Morgan fingerprint density at radius 2 is 1.96 bits per heavy atom. The molecule has 0 aromatic heterocycles. The number of hydrogen-bond donors (Lipinski definition) is 4. The van der Waals surface area contributed by atoms with E-state index in [0.717, 1.165) is 6.26 Å². The van der Waals surface area contributed by atoms with Crippen molar-refractivity contribution in [3.8, 4) is 0 Å². The minimum Gasteiger partial charge on any atom is -0.471 e. The zero-order valence-corrected chi connectivity index (χ0v) is 14.7. The molecule has 4 N–H and O–H groups in total. The van der Waals surface area contributed by atoms with E-state index in [4.69, 9.17) is 14.2 Å². The molecule has 0 bridgehead atoms. The number of aliphatic hydroxyl groups excluding tert-OH is 4. The van der Waals surface area contributed by atoms with Gasteiger partial charge in [0, 0.05) is 18.3 Å². The monoisotopic (exact) mass is 388 g/mol. The highest BCUT2D eigenvalue weighted by Gasteiger charge is 2.47. The molecule has 1 saturated heterocycles. The van der Waals surface area contributed by atoms with E-state index in [-0.39, 0.29) is 12.0 Å². The number of esters is 1. The summed E-state index contributed by atoms with van der Waals surface area (Å²) in [5.74, 6) is -1.99. The van der Waals surface area contributed by atoms with Crippen LogP contribution < -0.4 is 0 Å². The SMILES string of the molecule is C=C[C@H]1[C@@H](O[C@H]2O[C@@H](CO)[C@H](O)[C@@H](O)[C@@H]2O)OC=C(C(=O)OC)[C@H]1CC=O. The summed E-state index contributed by atoms with van der Waals surface area (Å²) < 4.78 is 21.0. The second kappa shape index (κ2) is 9.40. The topological polar surface area (TPSA) is 152 Å². The first-order valence-electron chi connectivity index (χ1n) is 8.35. The van der Waals surface area contributed by atoms with Crippen LogP contribution in [0.4, 0.5) is 0 Å². The Morgan fingerprint density at radius 3 is 2.52 bits per heavy atom. The van der Waals surface area contributed by atoms with Gasteiger partial charge in [-0.1, -0.05) is 6.08 Å². The number of aliphatic hydroxyl groups is 4. The Balaban J connectivity index is 2.22. The summed E-state index contributed by atoms with van der Waals surface area (Å²) in [5, 5.41) is 39.0. The van der Waals surface area contributed by atoms with E-state index < -0.39 is 61.4 Å². The van der Waals surface area contributed by atoms with Crippen LogP contribution in [0.15, 0.2) is 24.5 Å². The highest BCUT2D eigenvalue weighted by atomic mass is 16.8. The van der Waals surface area contributed by atoms with Crippen LogP contribution in [0.3, 0.4) is 0 Å². The van der Waals surface area contributed by atoms with Gasteiger partial charge in [0.25, 0.3) is 0 Å². The fraction of sp³-hybridized carbons (Fsp3) is 0.647. The second-order valence-corrected chi connectivity index (χ2v) is 6.22. The predicted octanol–water partition coefficient (Wildman–Crippen LogP) is -1.78. The Labute approximate surface area is 155 Å². The molecule has 27 heavy (non-hydrogen) atoms. The van der Waals surface area contributed by atoms with Crippen molar-refractivity contribution in [1.29, 1.82) is 0 Å². The minimum absolute atomic E-state index is 0.0322. The van der Waals surface area contributed by atoms with Crippen molar-refractivity contribution >= 4 is 12.3 Å². The van der Waals surface area contributed by atoms with Crippen LogP contribution >= 0.6 is 0 Å². The molecule has 0 radical (unpaired) electrons. The maximum absolute atomic E-state index is 11.9. The van der Waals surface area contributed by atoms with Gasteiger partial charge in [0.2, 0.25) is 6.29 Å². The van der Waals surface area contributed by atoms with Crippen molar-refractivity contribution in [2.24, 2.45) is 11.8 Å². The summed E-state index contributed by atoms with van der Waals surface area (Å²) >= 11 is 0. The van der Waals surface area contributed by atoms with Crippen molar-refractivity contribution in [3.05, 3.63) is 24.5 Å². The summed E-state index contributed by atoms with van der Waals surface area (Å²) in [6, 6.07) is 0. The van der Waals surface area contributed by atoms with Crippen LogP contribution in [0.1, 0.15) is 6.42 Å². The Kier molecular flexibility index (Phi) is 7.48. The summed E-state index contributed by atoms with van der Waals surface area (Å²) in [4.78, 5) is 23.0. The zero-order chi connectivity index (χ0) is 20.1. The van der Waals surface area contributed by atoms with Gasteiger partial charge in [-0.3, -0.25) is 0 Å². The molecule has 0 amide bonds. The fourth-order valence-corrected chi connectivity index (χ4v) is 3.13. The highest BCUT2D eigenvalue weighted by Crippen LogP contribution is 2.36. The molecule has 0 spiro atoms. The number of hydrogen-bond acceptors (Lipinski definition) is 10. The maximum Gasteiger partial charge on any atom is 0.337 e. The third-order valence-corrected chi connectivity index (χ3v) is 4.67. The van der Waals surface area contributed by atoms with E-state index in [9.17, 15) is 30.0 Å². The first-order valence-corrected chi connectivity index (χ1v) is 8.35. The van der Waals surface area contributed by atoms with E-state index >= 15 is 0 Å². The van der Waals surface area contributed by atoms with E-state index in [0.29, 0.717) is 6.29 Å². The van der Waals surface area contributed by atoms with Gasteiger partial charge in [0.15, 0.2) is 6.29 Å². The minimum atomic E-state index is -1.62. The summed E-state index contributed by atoms with van der Waals surface area (Å²) in [7, 11) is 1.20. The van der Waals surface area contributed by atoms with Gasteiger partial charge >= 0.3 is 5.97 Å². The van der Waals surface area contributed by atoms with Crippen molar-refractivity contribution in [3.63, 3.8) is 0 Å². The van der Waals surface area contributed by atoms with Crippen LogP contribution in [-0.2, 0) is 28.5 Å². The molecule has 10 nitrogen and oxygen atoms in total. The largest absolute Gasteiger partial charge is 0.471 e. The normalized spacial score (nSPS) is 39.1. The second-order valence-electron chi connectivity index (χ2n) is 6.22. The van der Waals surface area contributed by atoms with Gasteiger partial charge in [0.1, 0.15) is 30.7 Å². The standard InChI is InChI=1S/C17H24O10/c1-3-8-9(4-5-18)10(15(23)24-2)7-25-16(8)27-17-14(22)13(21)12(20)11(6-19)26-17/h3,5,7-9,11-14,16-17,19-22H,1,4,6H2,2H3/t8-,9+,11+,12+,13-,14+,16-,17-/m1/s1. The third-order valence-electron chi connectivity index (χ3n) is 4.67. The molecule has 0 aliphatic carbocycles. The Bertz CT molecular complexity index is 574. The number of carbonyl (C=O) groups is 2. The molecule has 0 aromatic carbocycles. The molecule has 2 rings (SSSR count). The third kappa shape index (κ3) is 4.37. The number of aldehydes is 1. The van der Waals surface area contributed by atoms with Crippen LogP contribution in [-0.4, -0.2) is 83.4 Å². The average molecular weight is 388 g/mol. The highest BCUT2D eigenvalue weighted by molar-refractivity contribution is 5.89. The summed E-state index contributed by atoms with van der Waals surface area (Å²) in [6.45, 7) is 3.06. The van der Waals surface area contributed by atoms with Crippen molar-refractivity contribution in [2.45, 2.75) is 43.4 Å². The van der Waals surface area contributed by atoms with Gasteiger partial charge < -0.3 is 44.2 Å². The van der Waals surface area contributed by atoms with Crippen molar-refractivity contribution in [1.82, 2.24) is 0 Å². The lowest BCUT2D eigenvalue weighted by molar-refractivity contribution is -0.339. The molecule has 0 aromatic rings. The van der Waals surface area contributed by atoms with E-state index in [1.807, 2.05) is 0 Å². The van der Waals surface area contributed by atoms with Crippen LogP contribution in [0.25, 0.3) is 0 Å². The first-order chi connectivity index (χ1) is 12.9. The molecule has 0 unspecified atom stereocenters. The lowest BCUT2D eigenvalue weighted by Gasteiger charge is -2.42. The quantitative estimate of drug-likeness (QED) is 0.224. The fourth-order valence-electron chi connectivity index (χ4n) is 3.13. The van der Waals surface area contributed by atoms with Crippen molar-refractivity contribution in [2.75, 3.05) is 13.7 Å². The predicted molar refractivity (Wildman–Crippen MR) is 87.7 cm³/mol. The molecule has 152 valence electrons. The molecule has 2 aliphatic rings. The molecular formula is C17H24O10. The van der Waals surface area contributed by atoms with Gasteiger partial charge in [-0.2, -0.15) is 0 Å². The maximum atomic E-state index is 11.9. The van der Waals surface area contributed by atoms with E-state index in [2.05, 4.69) is 11.3 Å². The van der Waals surface area contributed by atoms with Gasteiger partial charge in [-0.25, -0.2) is 4.79 Å².